The summed E-state index contributed by atoms with van der Waals surface area (Å²) < 4.78 is 0. The first-order chi connectivity index (χ1) is 11.8. The highest BCUT2D eigenvalue weighted by Gasteiger charge is 2.24. The maximum absolute atomic E-state index is 10.4. The van der Waals surface area contributed by atoms with Crippen molar-refractivity contribution in [2.24, 2.45) is 0 Å². The number of aliphatic hydroxyl groups excluding tert-OH is 2. The third kappa shape index (κ3) is 1.72. The van der Waals surface area contributed by atoms with Crippen LogP contribution < -0.4 is 0 Å². The molecule has 4 aromatic rings. The number of rotatable bonds is 0. The van der Waals surface area contributed by atoms with E-state index in [2.05, 4.69) is 48.5 Å². The molecule has 0 aromatic heterocycles. The summed E-state index contributed by atoms with van der Waals surface area (Å²) in [6, 6.07) is 20.8. The smallest absolute Gasteiger partial charge is 0.109 e. The summed E-state index contributed by atoms with van der Waals surface area (Å²) in [5.41, 5.74) is 1.80. The first kappa shape index (κ1) is 13.7. The monoisotopic (exact) mass is 312 g/mol. The highest BCUT2D eigenvalue weighted by atomic mass is 16.3. The average molecular weight is 312 g/mol. The molecule has 4 aromatic carbocycles. The molecule has 2 unspecified atom stereocenters. The van der Waals surface area contributed by atoms with Crippen molar-refractivity contribution in [1.29, 1.82) is 0 Å². The highest BCUT2D eigenvalue weighted by molar-refractivity contribution is 6.27. The summed E-state index contributed by atoms with van der Waals surface area (Å²) in [5.74, 6) is 0. The lowest BCUT2D eigenvalue weighted by Crippen LogP contribution is -2.19. The van der Waals surface area contributed by atoms with Gasteiger partial charge in [-0.05, 0) is 43.4 Å². The van der Waals surface area contributed by atoms with Crippen LogP contribution in [0.5, 0.6) is 0 Å². The molecule has 24 heavy (non-hydrogen) atoms. The van der Waals surface area contributed by atoms with Crippen LogP contribution >= 0.6 is 0 Å². The molecule has 0 spiro atoms. The molecule has 0 fully saturated rings. The van der Waals surface area contributed by atoms with Gasteiger partial charge in [0.15, 0.2) is 0 Å². The first-order valence-corrected chi connectivity index (χ1v) is 8.16. The lowest BCUT2D eigenvalue weighted by atomic mass is 9.85. The zero-order valence-corrected chi connectivity index (χ0v) is 13.0. The van der Waals surface area contributed by atoms with E-state index in [4.69, 9.17) is 0 Å². The molecule has 2 atom stereocenters. The van der Waals surface area contributed by atoms with Gasteiger partial charge in [-0.2, -0.15) is 0 Å². The van der Waals surface area contributed by atoms with Crippen LogP contribution in [-0.4, -0.2) is 16.3 Å². The fourth-order valence-electron chi connectivity index (χ4n) is 3.96. The second kappa shape index (κ2) is 4.91. The van der Waals surface area contributed by atoms with Crippen molar-refractivity contribution >= 4 is 38.4 Å². The van der Waals surface area contributed by atoms with Gasteiger partial charge in [0.1, 0.15) is 12.2 Å². The molecule has 0 bridgehead atoms. The molecular weight excluding hydrogens is 296 g/mol. The van der Waals surface area contributed by atoms with Crippen LogP contribution in [0.3, 0.4) is 0 Å². The SMILES string of the molecule is OC1C=Cc2c(ccc3c4ccccc4c4ccccc4c23)C1O. The normalized spacial score (nSPS) is 19.9. The average Bonchev–Trinajstić information content (AvgIpc) is 2.64. The second-order valence-corrected chi connectivity index (χ2v) is 6.38. The summed E-state index contributed by atoms with van der Waals surface area (Å²) >= 11 is 0. The van der Waals surface area contributed by atoms with Crippen molar-refractivity contribution in [1.82, 2.24) is 0 Å². The predicted molar refractivity (Wildman–Crippen MR) is 99.0 cm³/mol. The Hall–Kier alpha value is -2.68. The Morgan fingerprint density at radius 1 is 0.625 bits per heavy atom. The number of hydrogen-bond acceptors (Lipinski definition) is 2. The van der Waals surface area contributed by atoms with Crippen molar-refractivity contribution in [2.45, 2.75) is 12.2 Å². The standard InChI is InChI=1S/C22H16O2/c23-20-12-11-18-19(22(20)24)10-9-17-15-7-2-1-5-13(15)14-6-3-4-8-16(14)21(17)18/h1-12,20,22-24H. The van der Waals surface area contributed by atoms with Gasteiger partial charge in [0.25, 0.3) is 0 Å². The van der Waals surface area contributed by atoms with Crippen molar-refractivity contribution in [2.75, 3.05) is 0 Å². The Morgan fingerprint density at radius 3 is 1.83 bits per heavy atom. The van der Waals surface area contributed by atoms with Gasteiger partial charge >= 0.3 is 0 Å². The van der Waals surface area contributed by atoms with Gasteiger partial charge in [-0.1, -0.05) is 72.8 Å². The molecule has 1 aliphatic carbocycles. The molecule has 0 radical (unpaired) electrons. The molecule has 0 saturated carbocycles. The van der Waals surface area contributed by atoms with Crippen LogP contribution in [0.1, 0.15) is 17.2 Å². The molecule has 2 nitrogen and oxygen atoms in total. The van der Waals surface area contributed by atoms with Gasteiger partial charge in [-0.25, -0.2) is 0 Å². The maximum atomic E-state index is 10.4. The van der Waals surface area contributed by atoms with Crippen LogP contribution in [0.4, 0.5) is 0 Å². The van der Waals surface area contributed by atoms with Gasteiger partial charge in [-0.3, -0.25) is 0 Å². The number of hydrogen-bond donors (Lipinski definition) is 2. The van der Waals surface area contributed by atoms with Crippen LogP contribution in [0, 0.1) is 0 Å². The van der Waals surface area contributed by atoms with Crippen LogP contribution in [0.25, 0.3) is 38.4 Å². The van der Waals surface area contributed by atoms with Crippen molar-refractivity contribution in [3.63, 3.8) is 0 Å². The second-order valence-electron chi connectivity index (χ2n) is 6.38. The molecule has 5 rings (SSSR count). The van der Waals surface area contributed by atoms with E-state index in [0.717, 1.165) is 16.5 Å². The summed E-state index contributed by atoms with van der Waals surface area (Å²) in [5, 5.41) is 27.5. The maximum Gasteiger partial charge on any atom is 0.109 e. The number of fused-ring (bicyclic) bond motifs is 8. The van der Waals surface area contributed by atoms with Gasteiger partial charge in [0.05, 0.1) is 0 Å². The van der Waals surface area contributed by atoms with Gasteiger partial charge in [0.2, 0.25) is 0 Å². The van der Waals surface area contributed by atoms with E-state index in [9.17, 15) is 10.2 Å². The summed E-state index contributed by atoms with van der Waals surface area (Å²) in [7, 11) is 0. The summed E-state index contributed by atoms with van der Waals surface area (Å²) in [4.78, 5) is 0. The highest BCUT2D eigenvalue weighted by Crippen LogP contribution is 2.41. The zero-order chi connectivity index (χ0) is 16.3. The summed E-state index contributed by atoms with van der Waals surface area (Å²) in [6.45, 7) is 0. The van der Waals surface area contributed by atoms with E-state index in [-0.39, 0.29) is 0 Å². The third-order valence-corrected chi connectivity index (χ3v) is 5.09. The van der Waals surface area contributed by atoms with E-state index in [1.54, 1.807) is 6.08 Å². The zero-order valence-electron chi connectivity index (χ0n) is 13.0. The van der Waals surface area contributed by atoms with Crippen LogP contribution in [-0.2, 0) is 0 Å². The molecular formula is C22H16O2. The van der Waals surface area contributed by atoms with Crippen molar-refractivity contribution in [3.05, 3.63) is 77.9 Å². The van der Waals surface area contributed by atoms with E-state index >= 15 is 0 Å². The molecule has 2 heteroatoms. The largest absolute Gasteiger partial charge is 0.386 e. The van der Waals surface area contributed by atoms with E-state index < -0.39 is 12.2 Å². The molecule has 0 aliphatic heterocycles. The van der Waals surface area contributed by atoms with E-state index in [1.165, 1.54) is 26.9 Å². The lowest BCUT2D eigenvalue weighted by Gasteiger charge is -2.24. The molecule has 0 amide bonds. The van der Waals surface area contributed by atoms with Gasteiger partial charge in [0, 0.05) is 0 Å². The Morgan fingerprint density at radius 2 is 1.17 bits per heavy atom. The van der Waals surface area contributed by atoms with Crippen LogP contribution in [0.15, 0.2) is 66.7 Å². The lowest BCUT2D eigenvalue weighted by molar-refractivity contribution is 0.0471. The Kier molecular flexibility index (Phi) is 2.81. The molecule has 2 N–H and O–H groups in total. The third-order valence-electron chi connectivity index (χ3n) is 5.09. The Bertz CT molecular complexity index is 1110. The van der Waals surface area contributed by atoms with Gasteiger partial charge in [-0.15, -0.1) is 0 Å². The number of aliphatic hydroxyl groups is 2. The fourth-order valence-corrected chi connectivity index (χ4v) is 3.96. The van der Waals surface area contributed by atoms with Gasteiger partial charge < -0.3 is 10.2 Å². The first-order valence-electron chi connectivity index (χ1n) is 8.16. The predicted octanol–water partition coefficient (Wildman–Crippen LogP) is 4.57. The number of benzene rings is 4. The molecule has 0 saturated heterocycles. The quantitative estimate of drug-likeness (QED) is 0.467. The Labute approximate surface area is 139 Å². The van der Waals surface area contributed by atoms with E-state index in [0.29, 0.717) is 0 Å². The minimum absolute atomic E-state index is 0.790. The Balaban J connectivity index is 2.08. The molecule has 116 valence electrons. The minimum atomic E-state index is -0.875. The van der Waals surface area contributed by atoms with Crippen molar-refractivity contribution in [3.8, 4) is 0 Å². The topological polar surface area (TPSA) is 40.5 Å². The molecule has 0 heterocycles. The van der Waals surface area contributed by atoms with Crippen molar-refractivity contribution < 1.29 is 10.2 Å². The van der Waals surface area contributed by atoms with E-state index in [1.807, 2.05) is 18.2 Å². The molecule has 1 aliphatic rings. The summed E-state index contributed by atoms with van der Waals surface area (Å²) in [6.07, 6.45) is 1.90. The fraction of sp³-hybridized carbons (Fsp3) is 0.0909. The minimum Gasteiger partial charge on any atom is -0.386 e. The van der Waals surface area contributed by atoms with Crippen LogP contribution in [0.2, 0.25) is 0 Å².